The van der Waals surface area contributed by atoms with E-state index in [2.05, 4.69) is 20.6 Å². The average molecular weight is 445 g/mol. The maximum atomic E-state index is 12.6. The lowest BCUT2D eigenvalue weighted by atomic mass is 10.1. The number of carbonyl (C=O) groups is 1. The molecule has 2 N–H and O–H groups in total. The molecular formula is C25H21ClN4O2. The molecule has 0 saturated heterocycles. The van der Waals surface area contributed by atoms with Gasteiger partial charge in [-0.05, 0) is 49.4 Å². The molecule has 4 aromatic rings. The summed E-state index contributed by atoms with van der Waals surface area (Å²) in [5, 5.41) is 5.88. The van der Waals surface area contributed by atoms with Crippen LogP contribution in [-0.4, -0.2) is 23.1 Å². The Bertz CT molecular complexity index is 1240. The standard InChI is InChI=1S/C25H21ClN4O2/c1-16-7-9-17(10-8-16)22-15-23(18-11-13-19(32-2)14-12-18)28-24(27-22)30-25(31)29-21-6-4-3-5-20(21)26/h3-15H,1-2H3,(H2,27,28,29,30,31). The summed E-state index contributed by atoms with van der Waals surface area (Å²) in [5.74, 6) is 0.928. The van der Waals surface area contributed by atoms with Crippen molar-refractivity contribution in [2.75, 3.05) is 17.7 Å². The van der Waals surface area contributed by atoms with Gasteiger partial charge < -0.3 is 10.1 Å². The lowest BCUT2D eigenvalue weighted by molar-refractivity contribution is 0.262. The summed E-state index contributed by atoms with van der Waals surface area (Å²) in [7, 11) is 1.62. The molecule has 160 valence electrons. The maximum Gasteiger partial charge on any atom is 0.326 e. The molecule has 0 saturated carbocycles. The number of nitrogens with zero attached hydrogens (tertiary/aromatic N) is 2. The van der Waals surface area contributed by atoms with Gasteiger partial charge in [-0.3, -0.25) is 5.32 Å². The first-order valence-corrected chi connectivity index (χ1v) is 10.3. The second kappa shape index (κ2) is 9.49. The van der Waals surface area contributed by atoms with Crippen molar-refractivity contribution >= 4 is 29.3 Å². The van der Waals surface area contributed by atoms with E-state index in [9.17, 15) is 4.79 Å². The molecule has 0 aliphatic carbocycles. The number of urea groups is 1. The Hall–Kier alpha value is -3.90. The van der Waals surface area contributed by atoms with Gasteiger partial charge in [0, 0.05) is 11.1 Å². The van der Waals surface area contributed by atoms with Crippen LogP contribution in [0.4, 0.5) is 16.4 Å². The zero-order valence-electron chi connectivity index (χ0n) is 17.6. The van der Waals surface area contributed by atoms with E-state index in [-0.39, 0.29) is 5.95 Å². The third-order valence-electron chi connectivity index (χ3n) is 4.81. The van der Waals surface area contributed by atoms with Crippen molar-refractivity contribution in [3.05, 3.63) is 89.4 Å². The van der Waals surface area contributed by atoms with Crippen molar-refractivity contribution in [3.63, 3.8) is 0 Å². The van der Waals surface area contributed by atoms with Crippen LogP contribution in [0.3, 0.4) is 0 Å². The van der Waals surface area contributed by atoms with Gasteiger partial charge in [0.25, 0.3) is 0 Å². The second-order valence-corrected chi connectivity index (χ2v) is 7.52. The van der Waals surface area contributed by atoms with Crippen LogP contribution in [0, 0.1) is 6.92 Å². The Labute approximate surface area is 191 Å². The first-order valence-electron chi connectivity index (χ1n) is 9.95. The van der Waals surface area contributed by atoms with Crippen LogP contribution in [0.15, 0.2) is 78.9 Å². The van der Waals surface area contributed by atoms with Crippen LogP contribution < -0.4 is 15.4 Å². The van der Waals surface area contributed by atoms with Gasteiger partial charge in [0.05, 0.1) is 29.2 Å². The van der Waals surface area contributed by atoms with E-state index in [1.807, 2.05) is 61.5 Å². The number of para-hydroxylation sites is 1. The van der Waals surface area contributed by atoms with Crippen molar-refractivity contribution in [2.24, 2.45) is 0 Å². The van der Waals surface area contributed by atoms with E-state index in [1.54, 1.807) is 31.4 Å². The van der Waals surface area contributed by atoms with Gasteiger partial charge in [-0.15, -0.1) is 0 Å². The number of methoxy groups -OCH3 is 1. The lowest BCUT2D eigenvalue weighted by Crippen LogP contribution is -2.21. The van der Waals surface area contributed by atoms with Gasteiger partial charge in [0.15, 0.2) is 0 Å². The minimum atomic E-state index is -0.486. The smallest absolute Gasteiger partial charge is 0.326 e. The molecule has 0 aliphatic rings. The molecule has 6 nitrogen and oxygen atoms in total. The van der Waals surface area contributed by atoms with Gasteiger partial charge in [0.2, 0.25) is 5.95 Å². The first-order chi connectivity index (χ1) is 15.5. The van der Waals surface area contributed by atoms with E-state index in [1.165, 1.54) is 0 Å². The number of nitrogens with one attached hydrogen (secondary N) is 2. The Kier molecular flexibility index (Phi) is 6.33. The van der Waals surface area contributed by atoms with Gasteiger partial charge >= 0.3 is 6.03 Å². The van der Waals surface area contributed by atoms with Crippen molar-refractivity contribution in [2.45, 2.75) is 6.92 Å². The molecule has 4 rings (SSSR count). The van der Waals surface area contributed by atoms with E-state index in [0.29, 0.717) is 22.1 Å². The van der Waals surface area contributed by atoms with Crippen LogP contribution >= 0.6 is 11.6 Å². The van der Waals surface area contributed by atoms with Crippen LogP contribution in [-0.2, 0) is 0 Å². The number of anilines is 2. The molecule has 32 heavy (non-hydrogen) atoms. The van der Waals surface area contributed by atoms with Crippen LogP contribution in [0.25, 0.3) is 22.5 Å². The predicted molar refractivity (Wildman–Crippen MR) is 128 cm³/mol. The normalized spacial score (nSPS) is 10.5. The van der Waals surface area contributed by atoms with Gasteiger partial charge in [-0.25, -0.2) is 14.8 Å². The molecule has 7 heteroatoms. The Morgan fingerprint density at radius 2 is 1.44 bits per heavy atom. The zero-order valence-corrected chi connectivity index (χ0v) is 18.4. The van der Waals surface area contributed by atoms with Crippen LogP contribution in [0.2, 0.25) is 5.02 Å². The summed E-state index contributed by atoms with van der Waals surface area (Å²) in [4.78, 5) is 21.7. The van der Waals surface area contributed by atoms with Crippen molar-refractivity contribution in [1.29, 1.82) is 0 Å². The summed E-state index contributed by atoms with van der Waals surface area (Å²) in [6.07, 6.45) is 0. The largest absolute Gasteiger partial charge is 0.497 e. The molecule has 3 aromatic carbocycles. The number of carbonyl (C=O) groups excluding carboxylic acids is 1. The SMILES string of the molecule is COc1ccc(-c2cc(-c3ccc(C)cc3)nc(NC(=O)Nc3ccccc3Cl)n2)cc1. The van der Waals surface area contributed by atoms with Gasteiger partial charge in [0.1, 0.15) is 5.75 Å². The van der Waals surface area contributed by atoms with E-state index >= 15 is 0 Å². The first kappa shape index (κ1) is 21.3. The number of ether oxygens (including phenoxy) is 1. The minimum absolute atomic E-state index is 0.179. The Balaban J connectivity index is 1.68. The number of hydrogen-bond donors (Lipinski definition) is 2. The molecule has 1 heterocycles. The molecule has 1 aromatic heterocycles. The molecular weight excluding hydrogens is 424 g/mol. The molecule has 0 bridgehead atoms. The molecule has 0 fully saturated rings. The highest BCUT2D eigenvalue weighted by Gasteiger charge is 2.12. The fourth-order valence-corrected chi connectivity index (χ4v) is 3.29. The summed E-state index contributed by atoms with van der Waals surface area (Å²) < 4.78 is 5.24. The molecule has 0 aliphatic heterocycles. The fraction of sp³-hybridized carbons (Fsp3) is 0.0800. The highest BCUT2D eigenvalue weighted by atomic mass is 35.5. The second-order valence-electron chi connectivity index (χ2n) is 7.12. The highest BCUT2D eigenvalue weighted by Crippen LogP contribution is 2.27. The lowest BCUT2D eigenvalue weighted by Gasteiger charge is -2.11. The van der Waals surface area contributed by atoms with Crippen LogP contribution in [0.1, 0.15) is 5.56 Å². The van der Waals surface area contributed by atoms with Gasteiger partial charge in [-0.2, -0.15) is 0 Å². The number of benzene rings is 3. The molecule has 0 unspecified atom stereocenters. The number of hydrogen-bond acceptors (Lipinski definition) is 4. The van der Waals surface area contributed by atoms with Crippen molar-refractivity contribution in [3.8, 4) is 28.3 Å². The number of rotatable bonds is 5. The molecule has 2 amide bonds. The summed E-state index contributed by atoms with van der Waals surface area (Å²) in [5.41, 5.74) is 4.80. The molecule has 0 radical (unpaired) electrons. The third-order valence-corrected chi connectivity index (χ3v) is 5.14. The Morgan fingerprint density at radius 1 is 0.844 bits per heavy atom. The number of aromatic nitrogens is 2. The Morgan fingerprint density at radius 3 is 2.03 bits per heavy atom. The number of aryl methyl sites for hydroxylation is 1. The van der Waals surface area contributed by atoms with E-state index in [0.717, 1.165) is 22.4 Å². The summed E-state index contributed by atoms with van der Waals surface area (Å²) in [6.45, 7) is 2.03. The third kappa shape index (κ3) is 5.04. The topological polar surface area (TPSA) is 76.1 Å². The highest BCUT2D eigenvalue weighted by molar-refractivity contribution is 6.33. The van der Waals surface area contributed by atoms with E-state index < -0.39 is 6.03 Å². The monoisotopic (exact) mass is 444 g/mol. The fourth-order valence-electron chi connectivity index (χ4n) is 3.10. The molecule has 0 atom stereocenters. The summed E-state index contributed by atoms with van der Waals surface area (Å²) in [6, 6.07) is 24.0. The molecule has 0 spiro atoms. The van der Waals surface area contributed by atoms with Crippen molar-refractivity contribution in [1.82, 2.24) is 9.97 Å². The number of amides is 2. The average Bonchev–Trinajstić information content (AvgIpc) is 2.81. The summed E-state index contributed by atoms with van der Waals surface area (Å²) >= 11 is 6.14. The van der Waals surface area contributed by atoms with Crippen molar-refractivity contribution < 1.29 is 9.53 Å². The quantitative estimate of drug-likeness (QED) is 0.372. The van der Waals surface area contributed by atoms with Crippen LogP contribution in [0.5, 0.6) is 5.75 Å². The zero-order chi connectivity index (χ0) is 22.5. The predicted octanol–water partition coefficient (Wildman–Crippen LogP) is 6.43. The van der Waals surface area contributed by atoms with Gasteiger partial charge in [-0.1, -0.05) is 53.6 Å². The van der Waals surface area contributed by atoms with E-state index in [4.69, 9.17) is 16.3 Å². The number of halogens is 1. The maximum absolute atomic E-state index is 12.6. The minimum Gasteiger partial charge on any atom is -0.497 e.